The van der Waals surface area contributed by atoms with E-state index in [9.17, 15) is 13.5 Å². The molecule has 0 aromatic heterocycles. The molecule has 5 nitrogen and oxygen atoms in total. The van der Waals surface area contributed by atoms with Gasteiger partial charge < -0.3 is 5.11 Å². The molecular formula is C11H13ClN2O3S. The van der Waals surface area contributed by atoms with Crippen LogP contribution in [0.4, 0.5) is 0 Å². The van der Waals surface area contributed by atoms with Crippen molar-refractivity contribution in [3.8, 4) is 6.07 Å². The summed E-state index contributed by atoms with van der Waals surface area (Å²) in [4.78, 5) is -0.0775. The van der Waals surface area contributed by atoms with Gasteiger partial charge in [-0.2, -0.15) is 9.57 Å². The van der Waals surface area contributed by atoms with E-state index in [-0.39, 0.29) is 22.0 Å². The van der Waals surface area contributed by atoms with Crippen molar-refractivity contribution < 1.29 is 13.5 Å². The molecule has 1 atom stereocenters. The summed E-state index contributed by atoms with van der Waals surface area (Å²) in [5.74, 6) is 0. The van der Waals surface area contributed by atoms with Gasteiger partial charge in [0, 0.05) is 13.6 Å². The molecule has 18 heavy (non-hydrogen) atoms. The summed E-state index contributed by atoms with van der Waals surface area (Å²) in [6, 6.07) is 5.84. The maximum atomic E-state index is 12.1. The molecule has 1 rings (SSSR count). The highest BCUT2D eigenvalue weighted by atomic mass is 35.5. The minimum atomic E-state index is -3.76. The average molecular weight is 289 g/mol. The molecule has 0 bridgehead atoms. The Morgan fingerprint density at radius 1 is 1.56 bits per heavy atom. The monoisotopic (exact) mass is 288 g/mol. The Morgan fingerprint density at radius 3 is 2.61 bits per heavy atom. The van der Waals surface area contributed by atoms with Crippen LogP contribution in [0.3, 0.4) is 0 Å². The number of hydrogen-bond acceptors (Lipinski definition) is 4. The van der Waals surface area contributed by atoms with Gasteiger partial charge in [-0.25, -0.2) is 8.42 Å². The minimum absolute atomic E-state index is 0.00788. The number of likely N-dealkylation sites (N-methyl/N-ethyl adjacent to an activating group) is 1. The molecule has 98 valence electrons. The van der Waals surface area contributed by atoms with Crippen molar-refractivity contribution in [2.75, 3.05) is 13.6 Å². The molecule has 0 aliphatic heterocycles. The molecule has 0 aliphatic carbocycles. The third kappa shape index (κ3) is 3.21. The molecule has 0 aliphatic rings. The summed E-state index contributed by atoms with van der Waals surface area (Å²) in [7, 11) is -2.40. The van der Waals surface area contributed by atoms with Gasteiger partial charge in [-0.15, -0.1) is 0 Å². The van der Waals surface area contributed by atoms with Crippen LogP contribution in [-0.4, -0.2) is 37.5 Å². The number of rotatable bonds is 4. The molecule has 0 unspecified atom stereocenters. The predicted octanol–water partition coefficient (Wildman–Crippen LogP) is 1.21. The van der Waals surface area contributed by atoms with E-state index in [1.165, 1.54) is 32.2 Å². The fourth-order valence-corrected chi connectivity index (χ4v) is 3.18. The largest absolute Gasteiger partial charge is 0.392 e. The van der Waals surface area contributed by atoms with Crippen molar-refractivity contribution in [3.63, 3.8) is 0 Å². The van der Waals surface area contributed by atoms with E-state index >= 15 is 0 Å². The van der Waals surface area contributed by atoms with Gasteiger partial charge in [0.2, 0.25) is 10.0 Å². The van der Waals surface area contributed by atoms with Crippen LogP contribution in [0.15, 0.2) is 23.1 Å². The molecule has 1 aromatic rings. The second kappa shape index (κ2) is 5.67. The van der Waals surface area contributed by atoms with Crippen molar-refractivity contribution in [1.29, 1.82) is 5.26 Å². The lowest BCUT2D eigenvalue weighted by molar-refractivity contribution is 0.171. The lowest BCUT2D eigenvalue weighted by Crippen LogP contribution is -2.33. The van der Waals surface area contributed by atoms with Gasteiger partial charge in [0.25, 0.3) is 0 Å². The second-order valence-corrected chi connectivity index (χ2v) is 6.31. The number of halogens is 1. The number of nitrogens with zero attached hydrogens (tertiary/aromatic N) is 2. The Labute approximate surface area is 111 Å². The predicted molar refractivity (Wildman–Crippen MR) is 67.7 cm³/mol. The van der Waals surface area contributed by atoms with Crippen molar-refractivity contribution in [2.24, 2.45) is 0 Å². The molecule has 1 aromatic carbocycles. The van der Waals surface area contributed by atoms with E-state index in [1.54, 1.807) is 0 Å². The van der Waals surface area contributed by atoms with Crippen molar-refractivity contribution in [2.45, 2.75) is 17.9 Å². The van der Waals surface area contributed by atoms with Gasteiger partial charge in [0.15, 0.2) is 0 Å². The second-order valence-electron chi connectivity index (χ2n) is 3.89. The highest BCUT2D eigenvalue weighted by Gasteiger charge is 2.24. The number of aliphatic hydroxyl groups is 1. The van der Waals surface area contributed by atoms with Gasteiger partial charge in [-0.3, -0.25) is 0 Å². The van der Waals surface area contributed by atoms with E-state index in [4.69, 9.17) is 16.9 Å². The third-order valence-corrected chi connectivity index (χ3v) is 4.58. The summed E-state index contributed by atoms with van der Waals surface area (Å²) < 4.78 is 25.3. The highest BCUT2D eigenvalue weighted by Crippen LogP contribution is 2.25. The van der Waals surface area contributed by atoms with Gasteiger partial charge in [0.1, 0.15) is 4.90 Å². The SMILES string of the molecule is C[C@@H](O)CN(C)S(=O)(=O)c1ccc(C#N)cc1Cl. The third-order valence-electron chi connectivity index (χ3n) is 2.27. The first-order chi connectivity index (χ1) is 8.28. The Hall–Kier alpha value is -1.13. The highest BCUT2D eigenvalue weighted by molar-refractivity contribution is 7.89. The number of hydrogen-bond donors (Lipinski definition) is 1. The van der Waals surface area contributed by atoms with Crippen molar-refractivity contribution >= 4 is 21.6 Å². The summed E-state index contributed by atoms with van der Waals surface area (Å²) in [5.41, 5.74) is 0.289. The molecule has 0 saturated carbocycles. The van der Waals surface area contributed by atoms with Gasteiger partial charge in [-0.1, -0.05) is 11.6 Å². The molecule has 0 spiro atoms. The van der Waals surface area contributed by atoms with Crippen LogP contribution in [-0.2, 0) is 10.0 Å². The van der Waals surface area contributed by atoms with E-state index in [0.29, 0.717) is 0 Å². The Kier molecular flexibility index (Phi) is 4.71. The van der Waals surface area contributed by atoms with Crippen molar-refractivity contribution in [1.82, 2.24) is 4.31 Å². The molecule has 0 fully saturated rings. The smallest absolute Gasteiger partial charge is 0.244 e. The lowest BCUT2D eigenvalue weighted by Gasteiger charge is -2.19. The van der Waals surface area contributed by atoms with E-state index < -0.39 is 16.1 Å². The lowest BCUT2D eigenvalue weighted by atomic mass is 10.2. The first-order valence-corrected chi connectivity index (χ1v) is 6.95. The molecule has 1 N–H and O–H groups in total. The Bertz CT molecular complexity index is 578. The number of benzene rings is 1. The average Bonchev–Trinajstić information content (AvgIpc) is 2.27. The molecular weight excluding hydrogens is 276 g/mol. The first kappa shape index (κ1) is 14.9. The maximum absolute atomic E-state index is 12.1. The summed E-state index contributed by atoms with van der Waals surface area (Å²) in [5, 5.41) is 17.9. The summed E-state index contributed by atoms with van der Waals surface area (Å²) in [6.07, 6.45) is -0.776. The van der Waals surface area contributed by atoms with Crippen LogP contribution in [0, 0.1) is 11.3 Å². The number of nitriles is 1. The molecule has 0 radical (unpaired) electrons. The Balaban J connectivity index is 3.17. The van der Waals surface area contributed by atoms with E-state index in [0.717, 1.165) is 4.31 Å². The van der Waals surface area contributed by atoms with Crippen LogP contribution < -0.4 is 0 Å². The maximum Gasteiger partial charge on any atom is 0.244 e. The zero-order valence-electron chi connectivity index (χ0n) is 9.96. The van der Waals surface area contributed by atoms with E-state index in [2.05, 4.69) is 0 Å². The summed E-state index contributed by atoms with van der Waals surface area (Å²) in [6.45, 7) is 1.46. The fourth-order valence-electron chi connectivity index (χ4n) is 1.42. The topological polar surface area (TPSA) is 81.4 Å². The quantitative estimate of drug-likeness (QED) is 0.903. The number of sulfonamides is 1. The zero-order valence-corrected chi connectivity index (χ0v) is 11.5. The zero-order chi connectivity index (χ0) is 13.9. The standard InChI is InChI=1S/C11H13ClN2O3S/c1-8(15)7-14(2)18(16,17)11-4-3-9(6-13)5-10(11)12/h3-5,8,15H,7H2,1-2H3/t8-/m1/s1. The molecule has 0 heterocycles. The van der Waals surface area contributed by atoms with Gasteiger partial charge in [-0.05, 0) is 25.1 Å². The van der Waals surface area contributed by atoms with Crippen LogP contribution >= 0.6 is 11.6 Å². The van der Waals surface area contributed by atoms with Crippen LogP contribution in [0.1, 0.15) is 12.5 Å². The first-order valence-electron chi connectivity index (χ1n) is 5.13. The van der Waals surface area contributed by atoms with Crippen LogP contribution in [0.25, 0.3) is 0 Å². The van der Waals surface area contributed by atoms with Gasteiger partial charge >= 0.3 is 0 Å². The molecule has 0 amide bonds. The molecule has 7 heteroatoms. The normalized spacial score (nSPS) is 13.3. The van der Waals surface area contributed by atoms with Crippen LogP contribution in [0.2, 0.25) is 5.02 Å². The minimum Gasteiger partial charge on any atom is -0.392 e. The van der Waals surface area contributed by atoms with Crippen LogP contribution in [0.5, 0.6) is 0 Å². The van der Waals surface area contributed by atoms with E-state index in [1.807, 2.05) is 6.07 Å². The van der Waals surface area contributed by atoms with Gasteiger partial charge in [0.05, 0.1) is 22.8 Å². The summed E-state index contributed by atoms with van der Waals surface area (Å²) >= 11 is 5.85. The fraction of sp³-hybridized carbons (Fsp3) is 0.364. The Morgan fingerprint density at radius 2 is 2.17 bits per heavy atom. The number of aliphatic hydroxyl groups excluding tert-OH is 1. The van der Waals surface area contributed by atoms with Crippen molar-refractivity contribution in [3.05, 3.63) is 28.8 Å². The molecule has 0 saturated heterocycles.